The molecule has 1 aromatic rings. The molecule has 0 aliphatic rings. The molecule has 6 heteroatoms. The van der Waals surface area contributed by atoms with Crippen molar-refractivity contribution in [3.8, 4) is 0 Å². The summed E-state index contributed by atoms with van der Waals surface area (Å²) in [5, 5.41) is 2.69. The zero-order valence-electron chi connectivity index (χ0n) is 10.1. The second-order valence-corrected chi connectivity index (χ2v) is 3.85. The van der Waals surface area contributed by atoms with Crippen LogP contribution in [0.2, 0.25) is 0 Å². The summed E-state index contributed by atoms with van der Waals surface area (Å²) >= 11 is 0. The van der Waals surface area contributed by atoms with Crippen molar-refractivity contribution in [2.24, 2.45) is 5.73 Å². The molecule has 1 amide bonds. The number of hydrogen-bond acceptors (Lipinski definition) is 2. The monoisotopic (exact) mass is 278 g/mol. The van der Waals surface area contributed by atoms with Gasteiger partial charge in [0, 0.05) is 6.42 Å². The Labute approximate surface area is 111 Å². The van der Waals surface area contributed by atoms with E-state index in [1.165, 1.54) is 6.07 Å². The average Bonchev–Trinajstić information content (AvgIpc) is 2.30. The number of rotatable bonds is 5. The van der Waals surface area contributed by atoms with Crippen LogP contribution in [0.3, 0.4) is 0 Å². The summed E-state index contributed by atoms with van der Waals surface area (Å²) in [5.41, 5.74) is 5.82. The third-order valence-electron chi connectivity index (χ3n) is 2.43. The summed E-state index contributed by atoms with van der Waals surface area (Å²) in [7, 11) is 0. The van der Waals surface area contributed by atoms with Crippen molar-refractivity contribution in [1.29, 1.82) is 0 Å². The van der Waals surface area contributed by atoms with Gasteiger partial charge in [0.1, 0.15) is 0 Å². The minimum Gasteiger partial charge on any atom is -0.350 e. The van der Waals surface area contributed by atoms with Crippen LogP contribution in [-0.4, -0.2) is 12.5 Å². The predicted octanol–water partition coefficient (Wildman–Crippen LogP) is 2.30. The maximum absolute atomic E-state index is 13.0. The molecule has 1 unspecified atom stereocenters. The lowest BCUT2D eigenvalue weighted by atomic mass is 10.1. The van der Waals surface area contributed by atoms with Gasteiger partial charge in [0.05, 0.1) is 6.04 Å². The molecule has 0 bridgehead atoms. The van der Waals surface area contributed by atoms with Gasteiger partial charge in [0.25, 0.3) is 0 Å². The van der Waals surface area contributed by atoms with Crippen molar-refractivity contribution in [3.63, 3.8) is 0 Å². The summed E-state index contributed by atoms with van der Waals surface area (Å²) in [6.07, 6.45) is 0.945. The lowest BCUT2D eigenvalue weighted by Crippen LogP contribution is -2.27. The van der Waals surface area contributed by atoms with Crippen LogP contribution in [0.1, 0.15) is 31.4 Å². The van der Waals surface area contributed by atoms with E-state index in [1.54, 1.807) is 6.92 Å². The van der Waals surface area contributed by atoms with Gasteiger partial charge >= 0.3 is 0 Å². The standard InChI is InChI=1S/C12H16F2N2O.ClH/c1-8(16-12(17)3-2-6-15)9-4-5-10(13)11(14)7-9;/h4-5,7-8H,2-3,6,15H2,1H3,(H,16,17);1H. The fourth-order valence-corrected chi connectivity index (χ4v) is 1.44. The summed E-state index contributed by atoms with van der Waals surface area (Å²) < 4.78 is 25.7. The van der Waals surface area contributed by atoms with E-state index in [1.807, 2.05) is 0 Å². The summed E-state index contributed by atoms with van der Waals surface area (Å²) in [5.74, 6) is -1.95. The van der Waals surface area contributed by atoms with Crippen LogP contribution >= 0.6 is 12.4 Å². The highest BCUT2D eigenvalue weighted by Gasteiger charge is 2.11. The molecule has 0 heterocycles. The Morgan fingerprint density at radius 3 is 2.61 bits per heavy atom. The molecule has 0 spiro atoms. The van der Waals surface area contributed by atoms with Crippen LogP contribution in [0.15, 0.2) is 18.2 Å². The highest BCUT2D eigenvalue weighted by atomic mass is 35.5. The van der Waals surface area contributed by atoms with Gasteiger partial charge in [0.15, 0.2) is 11.6 Å². The van der Waals surface area contributed by atoms with Crippen LogP contribution in [0.5, 0.6) is 0 Å². The highest BCUT2D eigenvalue weighted by molar-refractivity contribution is 5.85. The van der Waals surface area contributed by atoms with E-state index in [0.717, 1.165) is 12.1 Å². The van der Waals surface area contributed by atoms with Crippen molar-refractivity contribution < 1.29 is 13.6 Å². The van der Waals surface area contributed by atoms with E-state index < -0.39 is 11.6 Å². The number of carbonyl (C=O) groups is 1. The molecule has 1 atom stereocenters. The zero-order chi connectivity index (χ0) is 12.8. The smallest absolute Gasteiger partial charge is 0.220 e. The van der Waals surface area contributed by atoms with Gasteiger partial charge in [-0.15, -0.1) is 12.4 Å². The number of carbonyl (C=O) groups excluding carboxylic acids is 1. The average molecular weight is 279 g/mol. The van der Waals surface area contributed by atoms with Crippen LogP contribution < -0.4 is 11.1 Å². The lowest BCUT2D eigenvalue weighted by molar-refractivity contribution is -0.121. The fraction of sp³-hybridized carbons (Fsp3) is 0.417. The van der Waals surface area contributed by atoms with Crippen LogP contribution in [0.4, 0.5) is 8.78 Å². The lowest BCUT2D eigenvalue weighted by Gasteiger charge is -2.14. The largest absolute Gasteiger partial charge is 0.350 e. The number of halogens is 3. The van der Waals surface area contributed by atoms with Gasteiger partial charge in [-0.1, -0.05) is 6.07 Å². The third-order valence-corrected chi connectivity index (χ3v) is 2.43. The Balaban J connectivity index is 0.00000289. The molecule has 0 saturated carbocycles. The first-order valence-electron chi connectivity index (χ1n) is 5.49. The van der Waals surface area contributed by atoms with Gasteiger partial charge in [-0.05, 0) is 37.6 Å². The van der Waals surface area contributed by atoms with E-state index in [9.17, 15) is 13.6 Å². The first kappa shape index (κ1) is 16.8. The molecule has 18 heavy (non-hydrogen) atoms. The molecule has 3 nitrogen and oxygen atoms in total. The molecule has 102 valence electrons. The second-order valence-electron chi connectivity index (χ2n) is 3.85. The highest BCUT2D eigenvalue weighted by Crippen LogP contribution is 2.15. The van der Waals surface area contributed by atoms with Crippen LogP contribution in [0.25, 0.3) is 0 Å². The molecule has 0 fully saturated rings. The van der Waals surface area contributed by atoms with E-state index in [-0.39, 0.29) is 24.4 Å². The molecule has 1 rings (SSSR count). The van der Waals surface area contributed by atoms with Crippen LogP contribution in [0, 0.1) is 11.6 Å². The molecule has 0 saturated heterocycles. The molecule has 0 aromatic heterocycles. The van der Waals surface area contributed by atoms with E-state index >= 15 is 0 Å². The van der Waals surface area contributed by atoms with E-state index in [4.69, 9.17) is 5.73 Å². The summed E-state index contributed by atoms with van der Waals surface area (Å²) in [6.45, 7) is 2.17. The third kappa shape index (κ3) is 4.98. The Bertz CT molecular complexity index is 402. The molecular weight excluding hydrogens is 262 g/mol. The van der Waals surface area contributed by atoms with Gasteiger partial charge in [-0.2, -0.15) is 0 Å². The topological polar surface area (TPSA) is 55.1 Å². The molecule has 1 aromatic carbocycles. The number of nitrogens with one attached hydrogen (secondary N) is 1. The maximum Gasteiger partial charge on any atom is 0.220 e. The minimum absolute atomic E-state index is 0. The summed E-state index contributed by atoms with van der Waals surface area (Å²) in [4.78, 5) is 11.4. The van der Waals surface area contributed by atoms with Gasteiger partial charge < -0.3 is 11.1 Å². The number of hydrogen-bond donors (Lipinski definition) is 2. The maximum atomic E-state index is 13.0. The Kier molecular flexibility index (Phi) is 7.47. The minimum atomic E-state index is -0.912. The van der Waals surface area contributed by atoms with Crippen molar-refractivity contribution in [2.75, 3.05) is 6.54 Å². The number of amides is 1. The quantitative estimate of drug-likeness (QED) is 0.868. The molecule has 0 aliphatic heterocycles. The van der Waals surface area contributed by atoms with Crippen molar-refractivity contribution in [1.82, 2.24) is 5.32 Å². The normalized spacial score (nSPS) is 11.6. The first-order valence-corrected chi connectivity index (χ1v) is 5.49. The van der Waals surface area contributed by atoms with Gasteiger partial charge in [0.2, 0.25) is 5.91 Å². The Hall–Kier alpha value is -1.20. The van der Waals surface area contributed by atoms with E-state index in [2.05, 4.69) is 5.32 Å². The molecular formula is C12H17ClF2N2O. The number of nitrogens with two attached hydrogens (primary N) is 1. The molecule has 3 N–H and O–H groups in total. The van der Waals surface area contributed by atoms with Crippen molar-refractivity contribution in [2.45, 2.75) is 25.8 Å². The first-order chi connectivity index (χ1) is 8.04. The SMILES string of the molecule is CC(NC(=O)CCCN)c1ccc(F)c(F)c1.Cl. The zero-order valence-corrected chi connectivity index (χ0v) is 10.9. The number of benzene rings is 1. The summed E-state index contributed by atoms with van der Waals surface area (Å²) in [6, 6.07) is 3.23. The van der Waals surface area contributed by atoms with Gasteiger partial charge in [-0.3, -0.25) is 4.79 Å². The Morgan fingerprint density at radius 1 is 1.39 bits per heavy atom. The van der Waals surface area contributed by atoms with E-state index in [0.29, 0.717) is 24.9 Å². The second kappa shape index (κ2) is 8.00. The Morgan fingerprint density at radius 2 is 2.06 bits per heavy atom. The van der Waals surface area contributed by atoms with Crippen molar-refractivity contribution in [3.05, 3.63) is 35.4 Å². The van der Waals surface area contributed by atoms with Crippen molar-refractivity contribution >= 4 is 18.3 Å². The molecule has 0 aliphatic carbocycles. The molecule has 0 radical (unpaired) electrons. The van der Waals surface area contributed by atoms with Crippen LogP contribution in [-0.2, 0) is 4.79 Å². The van der Waals surface area contributed by atoms with Gasteiger partial charge in [-0.25, -0.2) is 8.78 Å². The fourth-order valence-electron chi connectivity index (χ4n) is 1.44. The predicted molar refractivity (Wildman–Crippen MR) is 68.5 cm³/mol.